The highest BCUT2D eigenvalue weighted by Gasteiger charge is 2.50. The monoisotopic (exact) mass is 389 g/mol. The number of piperidine rings is 1. The van der Waals surface area contributed by atoms with E-state index in [2.05, 4.69) is 14.1 Å². The lowest BCUT2D eigenvalue weighted by atomic mass is 9.98. The average Bonchev–Trinajstić information content (AvgIpc) is 3.17. The van der Waals surface area contributed by atoms with Crippen molar-refractivity contribution in [3.63, 3.8) is 0 Å². The number of rotatable bonds is 4. The maximum atomic E-state index is 13.2. The number of ether oxygens (including phenoxy) is 1. The Morgan fingerprint density at radius 1 is 1.19 bits per heavy atom. The van der Waals surface area contributed by atoms with E-state index in [4.69, 9.17) is 4.74 Å². The van der Waals surface area contributed by atoms with Gasteiger partial charge in [-0.25, -0.2) is 9.18 Å². The minimum atomic E-state index is -0.311. The van der Waals surface area contributed by atoms with Crippen LogP contribution in [0.25, 0.3) is 0 Å². The topological polar surface area (TPSA) is 29.5 Å². The summed E-state index contributed by atoms with van der Waals surface area (Å²) >= 11 is 1.54. The number of carbonyl (C=O) groups excluding carboxylic acids is 1. The predicted octanol–water partition coefficient (Wildman–Crippen LogP) is 4.80. The van der Waals surface area contributed by atoms with Gasteiger partial charge in [0.2, 0.25) is 0 Å². The van der Waals surface area contributed by atoms with Crippen LogP contribution in [0.1, 0.15) is 31.2 Å². The lowest BCUT2D eigenvalue weighted by Gasteiger charge is -2.44. The summed E-state index contributed by atoms with van der Waals surface area (Å²) in [5.74, 6) is -0.276. The van der Waals surface area contributed by atoms with Crippen molar-refractivity contribution < 1.29 is 18.4 Å². The van der Waals surface area contributed by atoms with Gasteiger partial charge in [0.25, 0.3) is 0 Å². The van der Waals surface area contributed by atoms with E-state index in [9.17, 15) is 9.18 Å². The number of fused-ring (bicyclic) bond motifs is 2. The smallest absolute Gasteiger partial charge is 0.414 e. The zero-order valence-electron chi connectivity index (χ0n) is 15.8. The minimum absolute atomic E-state index is 0.0181. The van der Waals surface area contributed by atoms with Crippen LogP contribution in [0.2, 0.25) is 0 Å². The van der Waals surface area contributed by atoms with E-state index < -0.39 is 0 Å². The molecule has 2 bridgehead atoms. The molecule has 144 valence electrons. The first-order valence-electron chi connectivity index (χ1n) is 9.51. The Kier molecular flexibility index (Phi) is 4.95. The Bertz CT molecular complexity index is 775. The maximum absolute atomic E-state index is 13.2. The van der Waals surface area contributed by atoms with Crippen LogP contribution >= 0.6 is 11.3 Å². The van der Waals surface area contributed by atoms with Crippen molar-refractivity contribution in [2.24, 2.45) is 0 Å². The van der Waals surface area contributed by atoms with Crippen molar-refractivity contribution >= 4 is 23.1 Å². The largest absolute Gasteiger partial charge is 0.445 e. The molecule has 0 aliphatic carbocycles. The molecule has 2 unspecified atom stereocenters. The molecular weight excluding hydrogens is 363 g/mol. The summed E-state index contributed by atoms with van der Waals surface area (Å²) in [6.07, 6.45) is 3.97. The number of benzene rings is 1. The lowest BCUT2D eigenvalue weighted by molar-refractivity contribution is -0.931. The van der Waals surface area contributed by atoms with Gasteiger partial charge in [0.05, 0.1) is 38.4 Å². The molecule has 2 aliphatic rings. The standard InChI is InChI=1S/C21H26FN2O2S/c1-24(2)18-7-8-19(24)12-20(11-18)26-21(25)23(17-9-10-27-14-17)13-15-3-5-16(22)6-4-15/h3-6,9-10,14,18-20H,7-8,11-13H2,1-2H3/q+1. The SMILES string of the molecule is C[N+]1(C)C2CCC1CC(OC(=O)N(Cc1ccc(F)cc1)c1ccsc1)C2. The van der Waals surface area contributed by atoms with Crippen LogP contribution in [0.4, 0.5) is 14.9 Å². The third-order valence-corrected chi connectivity index (χ3v) is 7.02. The van der Waals surface area contributed by atoms with Gasteiger partial charge < -0.3 is 9.22 Å². The Balaban J connectivity index is 1.47. The molecule has 0 N–H and O–H groups in total. The fourth-order valence-electron chi connectivity index (χ4n) is 4.58. The molecule has 1 amide bonds. The summed E-state index contributed by atoms with van der Waals surface area (Å²) in [5.41, 5.74) is 1.70. The van der Waals surface area contributed by atoms with E-state index in [1.165, 1.54) is 25.0 Å². The van der Waals surface area contributed by atoms with E-state index in [0.717, 1.165) is 28.6 Å². The van der Waals surface area contributed by atoms with Gasteiger partial charge in [-0.1, -0.05) is 12.1 Å². The zero-order chi connectivity index (χ0) is 19.0. The Labute approximate surface area is 163 Å². The highest BCUT2D eigenvalue weighted by Crippen LogP contribution is 2.40. The number of carbonyl (C=O) groups is 1. The van der Waals surface area contributed by atoms with E-state index in [-0.39, 0.29) is 18.0 Å². The van der Waals surface area contributed by atoms with E-state index in [1.54, 1.807) is 28.4 Å². The van der Waals surface area contributed by atoms with Gasteiger partial charge in [-0.3, -0.25) is 4.90 Å². The molecule has 2 aromatic rings. The van der Waals surface area contributed by atoms with Gasteiger partial charge >= 0.3 is 6.09 Å². The Hall–Kier alpha value is -1.92. The van der Waals surface area contributed by atoms with Crippen molar-refractivity contribution in [2.75, 3.05) is 19.0 Å². The molecule has 6 heteroatoms. The van der Waals surface area contributed by atoms with Crippen LogP contribution in [0.3, 0.4) is 0 Å². The zero-order valence-corrected chi connectivity index (χ0v) is 16.6. The normalized spacial score (nSPS) is 26.0. The van der Waals surface area contributed by atoms with E-state index >= 15 is 0 Å². The Morgan fingerprint density at radius 3 is 2.44 bits per heavy atom. The third-order valence-electron chi connectivity index (χ3n) is 6.34. The van der Waals surface area contributed by atoms with Gasteiger partial charge in [0, 0.05) is 31.1 Å². The number of thiophene rings is 1. The number of hydrogen-bond donors (Lipinski definition) is 0. The van der Waals surface area contributed by atoms with Crippen molar-refractivity contribution in [1.82, 2.24) is 0 Å². The van der Waals surface area contributed by atoms with Crippen LogP contribution < -0.4 is 4.90 Å². The van der Waals surface area contributed by atoms with Gasteiger partial charge in [0.15, 0.2) is 0 Å². The molecule has 0 saturated carbocycles. The number of hydrogen-bond acceptors (Lipinski definition) is 3. The summed E-state index contributed by atoms with van der Waals surface area (Å²) in [7, 11) is 4.60. The van der Waals surface area contributed by atoms with Crippen molar-refractivity contribution in [2.45, 2.75) is 50.4 Å². The van der Waals surface area contributed by atoms with Crippen molar-refractivity contribution in [1.29, 1.82) is 0 Å². The van der Waals surface area contributed by atoms with Gasteiger partial charge in [-0.05, 0) is 29.1 Å². The van der Waals surface area contributed by atoms with Crippen molar-refractivity contribution in [3.05, 3.63) is 52.5 Å². The summed E-state index contributed by atoms with van der Waals surface area (Å²) in [6, 6.07) is 9.34. The van der Waals surface area contributed by atoms with Crippen LogP contribution in [0, 0.1) is 5.82 Å². The molecule has 2 saturated heterocycles. The van der Waals surface area contributed by atoms with E-state index in [1.807, 2.05) is 16.8 Å². The number of nitrogens with zero attached hydrogens (tertiary/aromatic N) is 2. The first-order chi connectivity index (χ1) is 12.9. The summed E-state index contributed by atoms with van der Waals surface area (Å²) in [4.78, 5) is 14.7. The number of halogens is 1. The molecule has 4 nitrogen and oxygen atoms in total. The third kappa shape index (κ3) is 3.73. The summed E-state index contributed by atoms with van der Waals surface area (Å²) in [6.45, 7) is 0.372. The molecule has 0 spiro atoms. The van der Waals surface area contributed by atoms with Gasteiger partial charge in [-0.15, -0.1) is 0 Å². The molecule has 1 aromatic heterocycles. The fourth-order valence-corrected chi connectivity index (χ4v) is 5.22. The first-order valence-corrected chi connectivity index (χ1v) is 10.5. The summed E-state index contributed by atoms with van der Waals surface area (Å²) < 4.78 is 20.2. The molecule has 0 radical (unpaired) electrons. The van der Waals surface area contributed by atoms with Crippen LogP contribution in [0.5, 0.6) is 0 Å². The highest BCUT2D eigenvalue weighted by atomic mass is 32.1. The number of anilines is 1. The van der Waals surface area contributed by atoms with Crippen LogP contribution in [0.15, 0.2) is 41.1 Å². The average molecular weight is 390 g/mol. The fraction of sp³-hybridized carbons (Fsp3) is 0.476. The second-order valence-electron chi connectivity index (χ2n) is 8.19. The molecular formula is C21H26FN2O2S+. The molecule has 2 atom stereocenters. The van der Waals surface area contributed by atoms with E-state index in [0.29, 0.717) is 18.6 Å². The molecule has 2 aliphatic heterocycles. The van der Waals surface area contributed by atoms with Crippen LogP contribution in [-0.2, 0) is 11.3 Å². The molecule has 3 heterocycles. The minimum Gasteiger partial charge on any atom is -0.445 e. The predicted molar refractivity (Wildman–Crippen MR) is 105 cm³/mol. The molecule has 1 aromatic carbocycles. The molecule has 2 fully saturated rings. The van der Waals surface area contributed by atoms with Crippen LogP contribution in [-0.4, -0.2) is 42.9 Å². The first kappa shape index (κ1) is 18.4. The Morgan fingerprint density at radius 2 is 1.85 bits per heavy atom. The number of quaternary nitrogens is 1. The maximum Gasteiger partial charge on any atom is 0.414 e. The molecule has 4 rings (SSSR count). The van der Waals surface area contributed by atoms with Gasteiger partial charge in [0.1, 0.15) is 11.9 Å². The summed E-state index contributed by atoms with van der Waals surface area (Å²) in [5, 5.41) is 3.89. The number of amides is 1. The lowest BCUT2D eigenvalue weighted by Crippen LogP contribution is -2.56. The van der Waals surface area contributed by atoms with Gasteiger partial charge in [-0.2, -0.15) is 11.3 Å². The molecule has 27 heavy (non-hydrogen) atoms. The van der Waals surface area contributed by atoms with Crippen molar-refractivity contribution in [3.8, 4) is 0 Å². The second kappa shape index (κ2) is 7.24. The highest BCUT2D eigenvalue weighted by molar-refractivity contribution is 7.08. The second-order valence-corrected chi connectivity index (χ2v) is 8.97. The quantitative estimate of drug-likeness (QED) is 0.703.